The third-order valence-electron chi connectivity index (χ3n) is 10.3. The highest BCUT2D eigenvalue weighted by atomic mass is 16.3. The van der Waals surface area contributed by atoms with Crippen LogP contribution in [0.3, 0.4) is 0 Å². The molecule has 3 heterocycles. The van der Waals surface area contributed by atoms with Crippen LogP contribution in [0.15, 0.2) is 160 Å². The number of para-hydroxylation sites is 3. The lowest BCUT2D eigenvalue weighted by molar-refractivity contribution is 0.632. The quantitative estimate of drug-likeness (QED) is 0.198. The summed E-state index contributed by atoms with van der Waals surface area (Å²) >= 11 is 0. The van der Waals surface area contributed by atoms with E-state index in [9.17, 15) is 0 Å². The van der Waals surface area contributed by atoms with Crippen molar-refractivity contribution in [1.29, 1.82) is 0 Å². The molecule has 0 fully saturated rings. The fourth-order valence-electron chi connectivity index (χ4n) is 7.76. The van der Waals surface area contributed by atoms with Crippen molar-refractivity contribution < 1.29 is 8.83 Å². The number of anilines is 3. The third kappa shape index (κ3) is 3.94. The summed E-state index contributed by atoms with van der Waals surface area (Å²) in [5, 5.41) is 4.57. The molecule has 3 heteroatoms. The van der Waals surface area contributed by atoms with Crippen molar-refractivity contribution in [2.45, 2.75) is 19.3 Å². The molecule has 0 spiro atoms. The smallest absolute Gasteiger partial charge is 0.135 e. The van der Waals surface area contributed by atoms with E-state index in [0.29, 0.717) is 0 Å². The van der Waals surface area contributed by atoms with Gasteiger partial charge in [-0.15, -0.1) is 0 Å². The van der Waals surface area contributed by atoms with Gasteiger partial charge in [0.05, 0.1) is 11.4 Å². The molecule has 0 radical (unpaired) electrons. The standard InChI is InChI=1S/C45H31NO2/c1-45(2)37-26-30(28-18-22-43-35(24-28)33-12-6-8-14-41(33)47-43)16-20-39(37)46(32-10-4-3-5-11-32)40-21-17-31(27-38(40)45)29-19-23-44-36(25-29)34-13-7-9-15-42(34)48-44/h3-27H,1-2H3. The van der Waals surface area contributed by atoms with E-state index in [2.05, 4.69) is 146 Å². The summed E-state index contributed by atoms with van der Waals surface area (Å²) in [6, 6.07) is 54.3. The van der Waals surface area contributed by atoms with Gasteiger partial charge in [0, 0.05) is 32.6 Å². The molecule has 0 N–H and O–H groups in total. The zero-order valence-corrected chi connectivity index (χ0v) is 26.7. The van der Waals surface area contributed by atoms with Crippen LogP contribution < -0.4 is 4.90 Å². The molecule has 0 unspecified atom stereocenters. The zero-order valence-electron chi connectivity index (χ0n) is 26.7. The maximum atomic E-state index is 6.14. The maximum absolute atomic E-state index is 6.14. The summed E-state index contributed by atoms with van der Waals surface area (Å²) in [6.45, 7) is 4.72. The minimum Gasteiger partial charge on any atom is -0.456 e. The number of benzene rings is 7. The number of fused-ring (bicyclic) bond motifs is 8. The molecular formula is C45H31NO2. The van der Waals surface area contributed by atoms with Crippen LogP contribution in [0, 0.1) is 0 Å². The molecule has 3 nitrogen and oxygen atoms in total. The Kier molecular flexibility index (Phi) is 5.63. The van der Waals surface area contributed by atoms with Crippen molar-refractivity contribution in [2.75, 3.05) is 4.90 Å². The Labute approximate surface area is 278 Å². The molecule has 7 aromatic carbocycles. The first-order chi connectivity index (χ1) is 23.5. The number of nitrogens with zero attached hydrogens (tertiary/aromatic N) is 1. The second-order valence-electron chi connectivity index (χ2n) is 13.4. The van der Waals surface area contributed by atoms with Crippen LogP contribution in [0.2, 0.25) is 0 Å². The fourth-order valence-corrected chi connectivity index (χ4v) is 7.76. The molecule has 1 aliphatic heterocycles. The minimum atomic E-state index is -0.263. The molecule has 0 atom stereocenters. The lowest BCUT2D eigenvalue weighted by atomic mass is 9.72. The number of furan rings is 2. The van der Waals surface area contributed by atoms with Crippen molar-refractivity contribution in [2.24, 2.45) is 0 Å². The fraction of sp³-hybridized carbons (Fsp3) is 0.0667. The Morgan fingerprint density at radius 1 is 0.396 bits per heavy atom. The van der Waals surface area contributed by atoms with E-state index in [0.717, 1.165) is 49.6 Å². The normalized spacial score (nSPS) is 13.8. The summed E-state index contributed by atoms with van der Waals surface area (Å²) in [5.41, 5.74) is 14.3. The van der Waals surface area contributed by atoms with Gasteiger partial charge in [0.25, 0.3) is 0 Å². The van der Waals surface area contributed by atoms with Gasteiger partial charge in [-0.1, -0.05) is 92.7 Å². The molecule has 10 rings (SSSR count). The van der Waals surface area contributed by atoms with Crippen LogP contribution in [0.25, 0.3) is 66.1 Å². The molecule has 2 aromatic heterocycles. The summed E-state index contributed by atoms with van der Waals surface area (Å²) in [7, 11) is 0. The van der Waals surface area contributed by atoms with E-state index in [1.54, 1.807) is 0 Å². The first kappa shape index (κ1) is 27.1. The average molecular weight is 618 g/mol. The van der Waals surface area contributed by atoms with Crippen LogP contribution in [0.4, 0.5) is 17.1 Å². The van der Waals surface area contributed by atoms with Gasteiger partial charge in [-0.05, 0) is 106 Å². The van der Waals surface area contributed by atoms with Crippen molar-refractivity contribution >= 4 is 60.9 Å². The predicted molar refractivity (Wildman–Crippen MR) is 199 cm³/mol. The van der Waals surface area contributed by atoms with E-state index >= 15 is 0 Å². The lowest BCUT2D eigenvalue weighted by Gasteiger charge is -2.42. The highest BCUT2D eigenvalue weighted by molar-refractivity contribution is 6.07. The zero-order chi connectivity index (χ0) is 32.0. The molecule has 228 valence electrons. The highest BCUT2D eigenvalue weighted by Gasteiger charge is 2.37. The van der Waals surface area contributed by atoms with Gasteiger partial charge in [0.1, 0.15) is 22.3 Å². The van der Waals surface area contributed by atoms with E-state index in [1.165, 1.54) is 44.8 Å². The largest absolute Gasteiger partial charge is 0.456 e. The topological polar surface area (TPSA) is 29.5 Å². The summed E-state index contributed by atoms with van der Waals surface area (Å²) in [6.07, 6.45) is 0. The monoisotopic (exact) mass is 617 g/mol. The highest BCUT2D eigenvalue weighted by Crippen LogP contribution is 2.53. The van der Waals surface area contributed by atoms with Gasteiger partial charge >= 0.3 is 0 Å². The molecule has 48 heavy (non-hydrogen) atoms. The Balaban J connectivity index is 1.15. The number of hydrogen-bond donors (Lipinski definition) is 0. The van der Waals surface area contributed by atoms with E-state index in [4.69, 9.17) is 8.83 Å². The maximum Gasteiger partial charge on any atom is 0.135 e. The average Bonchev–Trinajstić information content (AvgIpc) is 3.70. The molecule has 1 aliphatic rings. The van der Waals surface area contributed by atoms with Gasteiger partial charge in [-0.2, -0.15) is 0 Å². The summed E-state index contributed by atoms with van der Waals surface area (Å²) in [5.74, 6) is 0. The summed E-state index contributed by atoms with van der Waals surface area (Å²) < 4.78 is 12.3. The first-order valence-electron chi connectivity index (χ1n) is 16.5. The second kappa shape index (κ2) is 9.97. The van der Waals surface area contributed by atoms with E-state index < -0.39 is 0 Å². The Bertz CT molecular complexity index is 2540. The number of rotatable bonds is 3. The molecule has 9 aromatic rings. The van der Waals surface area contributed by atoms with Gasteiger partial charge in [0.2, 0.25) is 0 Å². The van der Waals surface area contributed by atoms with E-state index in [-0.39, 0.29) is 5.41 Å². The predicted octanol–water partition coefficient (Wildman–Crippen LogP) is 12.9. The first-order valence-corrected chi connectivity index (χ1v) is 16.5. The second-order valence-corrected chi connectivity index (χ2v) is 13.4. The van der Waals surface area contributed by atoms with Crippen LogP contribution >= 0.6 is 0 Å². The third-order valence-corrected chi connectivity index (χ3v) is 10.3. The minimum absolute atomic E-state index is 0.263. The Morgan fingerprint density at radius 3 is 1.33 bits per heavy atom. The van der Waals surface area contributed by atoms with Crippen molar-refractivity contribution in [1.82, 2.24) is 0 Å². The lowest BCUT2D eigenvalue weighted by Crippen LogP contribution is -2.30. The van der Waals surface area contributed by atoms with Crippen molar-refractivity contribution in [3.8, 4) is 22.3 Å². The van der Waals surface area contributed by atoms with E-state index in [1.807, 2.05) is 24.3 Å². The van der Waals surface area contributed by atoms with Gasteiger partial charge in [-0.25, -0.2) is 0 Å². The number of hydrogen-bond acceptors (Lipinski definition) is 3. The van der Waals surface area contributed by atoms with Gasteiger partial charge in [0.15, 0.2) is 0 Å². The van der Waals surface area contributed by atoms with Crippen LogP contribution in [0.1, 0.15) is 25.0 Å². The molecule has 0 amide bonds. The van der Waals surface area contributed by atoms with Crippen LogP contribution in [0.5, 0.6) is 0 Å². The summed E-state index contributed by atoms with van der Waals surface area (Å²) in [4.78, 5) is 2.42. The molecule has 0 bridgehead atoms. The molecule has 0 saturated heterocycles. The van der Waals surface area contributed by atoms with Crippen LogP contribution in [-0.4, -0.2) is 0 Å². The van der Waals surface area contributed by atoms with Gasteiger partial charge in [-0.3, -0.25) is 0 Å². The molecular weight excluding hydrogens is 587 g/mol. The molecule has 0 aliphatic carbocycles. The van der Waals surface area contributed by atoms with Crippen molar-refractivity contribution in [3.05, 3.63) is 163 Å². The SMILES string of the molecule is CC1(C)c2cc(-c3ccc4oc5ccccc5c4c3)ccc2N(c2ccccc2)c2ccc(-c3ccc4oc5ccccc5c4c3)cc21. The van der Waals surface area contributed by atoms with Crippen molar-refractivity contribution in [3.63, 3.8) is 0 Å². The Morgan fingerprint density at radius 2 is 0.812 bits per heavy atom. The molecule has 0 saturated carbocycles. The van der Waals surface area contributed by atoms with Crippen LogP contribution in [-0.2, 0) is 5.41 Å². The van der Waals surface area contributed by atoms with Gasteiger partial charge < -0.3 is 13.7 Å². The Hall–Kier alpha value is -6.06.